The molecule has 5 heteroatoms. The largest absolute Gasteiger partial charge is 0.497 e. The van der Waals surface area contributed by atoms with Crippen molar-refractivity contribution in [3.05, 3.63) is 18.2 Å². The molecule has 0 unspecified atom stereocenters. The molecule has 0 aliphatic carbocycles. The number of likely N-dealkylation sites (N-methyl/N-ethyl adjacent to an activating group) is 1. The van der Waals surface area contributed by atoms with Gasteiger partial charge in [0.2, 0.25) is 5.91 Å². The van der Waals surface area contributed by atoms with Gasteiger partial charge in [-0.15, -0.1) is 0 Å². The zero-order valence-corrected chi connectivity index (χ0v) is 12.8. The zero-order chi connectivity index (χ0) is 15.1. The molecule has 0 bridgehead atoms. The van der Waals surface area contributed by atoms with E-state index in [0.29, 0.717) is 29.6 Å². The van der Waals surface area contributed by atoms with Crippen molar-refractivity contribution in [3.8, 4) is 5.75 Å². The lowest BCUT2D eigenvalue weighted by Crippen LogP contribution is -2.31. The number of ether oxygens (including phenoxy) is 1. The molecule has 1 amide bonds. The molecular weight excluding hydrogens is 254 g/mol. The van der Waals surface area contributed by atoms with Crippen LogP contribution in [0.3, 0.4) is 0 Å². The first-order valence-electron chi connectivity index (χ1n) is 6.84. The van der Waals surface area contributed by atoms with Gasteiger partial charge < -0.3 is 15.8 Å². The summed E-state index contributed by atoms with van der Waals surface area (Å²) >= 11 is 0. The van der Waals surface area contributed by atoms with E-state index >= 15 is 0 Å². The normalized spacial score (nSPS) is 10.9. The fraction of sp³-hybridized carbons (Fsp3) is 0.533. The first kappa shape index (κ1) is 16.3. The Bertz CT molecular complexity index is 447. The second-order valence-electron chi connectivity index (χ2n) is 5.42. The van der Waals surface area contributed by atoms with E-state index in [0.717, 1.165) is 13.0 Å². The molecular formula is C15H25N3O2. The van der Waals surface area contributed by atoms with Crippen LogP contribution in [0.5, 0.6) is 5.75 Å². The summed E-state index contributed by atoms with van der Waals surface area (Å²) < 4.78 is 5.07. The number of amides is 1. The Labute approximate surface area is 121 Å². The van der Waals surface area contributed by atoms with Crippen molar-refractivity contribution in [2.45, 2.75) is 20.3 Å². The summed E-state index contributed by atoms with van der Waals surface area (Å²) in [5.74, 6) is 1.25. The number of methoxy groups -OCH3 is 1. The van der Waals surface area contributed by atoms with Crippen LogP contribution >= 0.6 is 0 Å². The Kier molecular flexibility index (Phi) is 6.31. The number of nitrogens with two attached hydrogens (primary N) is 1. The van der Waals surface area contributed by atoms with Crippen LogP contribution in [-0.2, 0) is 4.79 Å². The van der Waals surface area contributed by atoms with E-state index < -0.39 is 0 Å². The molecule has 0 aliphatic rings. The van der Waals surface area contributed by atoms with Gasteiger partial charge in [-0.1, -0.05) is 13.8 Å². The van der Waals surface area contributed by atoms with Crippen LogP contribution in [0.2, 0.25) is 0 Å². The SMILES string of the molecule is COc1ccc(NC(=O)CN(C)CCC(C)C)c(N)c1. The quantitative estimate of drug-likeness (QED) is 0.751. The van der Waals surface area contributed by atoms with E-state index in [1.54, 1.807) is 25.3 Å². The first-order valence-corrected chi connectivity index (χ1v) is 6.84. The molecule has 20 heavy (non-hydrogen) atoms. The van der Waals surface area contributed by atoms with Crippen molar-refractivity contribution in [2.75, 3.05) is 38.3 Å². The van der Waals surface area contributed by atoms with Crippen molar-refractivity contribution in [1.29, 1.82) is 0 Å². The van der Waals surface area contributed by atoms with Crippen molar-refractivity contribution in [2.24, 2.45) is 5.92 Å². The van der Waals surface area contributed by atoms with Gasteiger partial charge in [-0.3, -0.25) is 9.69 Å². The highest BCUT2D eigenvalue weighted by molar-refractivity contribution is 5.95. The minimum atomic E-state index is -0.0619. The standard InChI is InChI=1S/C15H25N3O2/c1-11(2)7-8-18(3)10-15(19)17-14-6-5-12(20-4)9-13(14)16/h5-6,9,11H,7-8,10,16H2,1-4H3,(H,17,19). The van der Waals surface area contributed by atoms with Gasteiger partial charge in [-0.05, 0) is 38.1 Å². The Morgan fingerprint density at radius 2 is 2.15 bits per heavy atom. The Morgan fingerprint density at radius 3 is 2.70 bits per heavy atom. The van der Waals surface area contributed by atoms with Crippen LogP contribution in [0, 0.1) is 5.92 Å². The Balaban J connectivity index is 2.49. The number of carbonyl (C=O) groups is 1. The minimum Gasteiger partial charge on any atom is -0.497 e. The van der Waals surface area contributed by atoms with E-state index in [-0.39, 0.29) is 5.91 Å². The highest BCUT2D eigenvalue weighted by Gasteiger charge is 2.09. The maximum absolute atomic E-state index is 11.9. The number of anilines is 2. The molecule has 112 valence electrons. The van der Waals surface area contributed by atoms with E-state index in [1.165, 1.54) is 0 Å². The molecule has 1 aromatic rings. The zero-order valence-electron chi connectivity index (χ0n) is 12.8. The van der Waals surface area contributed by atoms with Gasteiger partial charge >= 0.3 is 0 Å². The van der Waals surface area contributed by atoms with Gasteiger partial charge in [0, 0.05) is 6.07 Å². The Hall–Kier alpha value is -1.75. The first-order chi connectivity index (χ1) is 9.42. The smallest absolute Gasteiger partial charge is 0.238 e. The molecule has 0 aromatic heterocycles. The summed E-state index contributed by atoms with van der Waals surface area (Å²) in [6, 6.07) is 5.22. The van der Waals surface area contributed by atoms with Crippen molar-refractivity contribution >= 4 is 17.3 Å². The molecule has 0 spiro atoms. The molecule has 0 heterocycles. The number of carbonyl (C=O) groups excluding carboxylic acids is 1. The van der Waals surface area contributed by atoms with Crippen molar-refractivity contribution in [1.82, 2.24) is 4.90 Å². The lowest BCUT2D eigenvalue weighted by atomic mass is 10.1. The van der Waals surface area contributed by atoms with Crippen molar-refractivity contribution < 1.29 is 9.53 Å². The van der Waals surface area contributed by atoms with Crippen LogP contribution in [0.1, 0.15) is 20.3 Å². The minimum absolute atomic E-state index is 0.0619. The summed E-state index contributed by atoms with van der Waals surface area (Å²) in [5, 5.41) is 2.82. The second-order valence-corrected chi connectivity index (χ2v) is 5.42. The fourth-order valence-corrected chi connectivity index (χ4v) is 1.77. The molecule has 0 saturated heterocycles. The lowest BCUT2D eigenvalue weighted by Gasteiger charge is -2.17. The average Bonchev–Trinajstić information content (AvgIpc) is 2.38. The summed E-state index contributed by atoms with van der Waals surface area (Å²) in [6.45, 7) is 5.61. The van der Waals surface area contributed by atoms with Crippen LogP contribution in [0.25, 0.3) is 0 Å². The monoisotopic (exact) mass is 279 g/mol. The third kappa shape index (κ3) is 5.48. The molecule has 1 rings (SSSR count). The third-order valence-electron chi connectivity index (χ3n) is 3.03. The highest BCUT2D eigenvalue weighted by Crippen LogP contribution is 2.23. The molecule has 0 fully saturated rings. The molecule has 5 nitrogen and oxygen atoms in total. The van der Waals surface area contributed by atoms with E-state index in [9.17, 15) is 4.79 Å². The number of nitrogen functional groups attached to an aromatic ring is 1. The predicted molar refractivity (Wildman–Crippen MR) is 83.0 cm³/mol. The fourth-order valence-electron chi connectivity index (χ4n) is 1.77. The number of rotatable bonds is 7. The van der Waals surface area contributed by atoms with Crippen molar-refractivity contribution in [3.63, 3.8) is 0 Å². The second kappa shape index (κ2) is 7.75. The van der Waals surface area contributed by atoms with Crippen LogP contribution in [-0.4, -0.2) is 38.1 Å². The maximum atomic E-state index is 11.9. The van der Waals surface area contributed by atoms with Gasteiger partial charge in [0.05, 0.1) is 25.0 Å². The summed E-state index contributed by atoms with van der Waals surface area (Å²) in [5.41, 5.74) is 6.99. The van der Waals surface area contributed by atoms with E-state index in [4.69, 9.17) is 10.5 Å². The molecule has 0 atom stereocenters. The van der Waals surface area contributed by atoms with E-state index in [2.05, 4.69) is 19.2 Å². The number of benzene rings is 1. The lowest BCUT2D eigenvalue weighted by molar-refractivity contribution is -0.117. The summed E-state index contributed by atoms with van der Waals surface area (Å²) in [4.78, 5) is 13.9. The third-order valence-corrected chi connectivity index (χ3v) is 3.03. The van der Waals surface area contributed by atoms with Gasteiger partial charge in [-0.2, -0.15) is 0 Å². The summed E-state index contributed by atoms with van der Waals surface area (Å²) in [7, 11) is 3.52. The average molecular weight is 279 g/mol. The van der Waals surface area contributed by atoms with Crippen LogP contribution in [0.4, 0.5) is 11.4 Å². The predicted octanol–water partition coefficient (Wildman–Crippen LogP) is 2.19. The number of hydrogen-bond donors (Lipinski definition) is 2. The molecule has 3 N–H and O–H groups in total. The van der Waals surface area contributed by atoms with E-state index in [1.807, 2.05) is 11.9 Å². The van der Waals surface area contributed by atoms with Gasteiger partial charge in [0.1, 0.15) is 5.75 Å². The van der Waals surface area contributed by atoms with Gasteiger partial charge in [0.25, 0.3) is 0 Å². The van der Waals surface area contributed by atoms with Crippen LogP contribution < -0.4 is 15.8 Å². The number of nitrogens with zero attached hydrogens (tertiary/aromatic N) is 1. The molecule has 0 radical (unpaired) electrons. The van der Waals surface area contributed by atoms with Gasteiger partial charge in [-0.25, -0.2) is 0 Å². The van der Waals surface area contributed by atoms with Crippen LogP contribution in [0.15, 0.2) is 18.2 Å². The molecule has 0 saturated carbocycles. The number of nitrogens with one attached hydrogen (secondary N) is 1. The summed E-state index contributed by atoms with van der Waals surface area (Å²) in [6.07, 6.45) is 1.08. The van der Waals surface area contributed by atoms with Gasteiger partial charge in [0.15, 0.2) is 0 Å². The molecule has 0 aliphatic heterocycles. The topological polar surface area (TPSA) is 67.6 Å². The highest BCUT2D eigenvalue weighted by atomic mass is 16.5. The molecule has 1 aromatic carbocycles. The maximum Gasteiger partial charge on any atom is 0.238 e. The Morgan fingerprint density at radius 1 is 1.45 bits per heavy atom. The number of hydrogen-bond acceptors (Lipinski definition) is 4.